The van der Waals surface area contributed by atoms with E-state index in [1.54, 1.807) is 13.3 Å². The highest BCUT2D eigenvalue weighted by Gasteiger charge is 2.42. The lowest BCUT2D eigenvalue weighted by molar-refractivity contribution is -0.118. The highest BCUT2D eigenvalue weighted by molar-refractivity contribution is 8.00. The van der Waals surface area contributed by atoms with Crippen molar-refractivity contribution in [2.24, 2.45) is 0 Å². The number of pyridine rings is 1. The number of nitrogens with one attached hydrogen (secondary N) is 1. The van der Waals surface area contributed by atoms with Gasteiger partial charge < -0.3 is 4.74 Å². The van der Waals surface area contributed by atoms with Gasteiger partial charge in [0.15, 0.2) is 0 Å². The molecule has 1 N–H and O–H groups in total. The summed E-state index contributed by atoms with van der Waals surface area (Å²) in [6, 6.07) is 8.37. The third-order valence-electron chi connectivity index (χ3n) is 6.70. The van der Waals surface area contributed by atoms with E-state index in [0.717, 1.165) is 47.5 Å². The zero-order valence-electron chi connectivity index (χ0n) is 18.0. The van der Waals surface area contributed by atoms with Crippen molar-refractivity contribution in [1.29, 1.82) is 0 Å². The second-order valence-electron chi connectivity index (χ2n) is 8.68. The fourth-order valence-corrected chi connectivity index (χ4v) is 6.94. The zero-order chi connectivity index (χ0) is 22.3. The molecule has 3 aliphatic rings. The molecule has 7 nitrogen and oxygen atoms in total. The summed E-state index contributed by atoms with van der Waals surface area (Å²) in [5, 5.41) is -0.512. The quantitative estimate of drug-likeness (QED) is 0.658. The molecule has 0 saturated carbocycles. The molecule has 2 aromatic rings. The number of benzene rings is 1. The van der Waals surface area contributed by atoms with Crippen molar-refractivity contribution in [3.63, 3.8) is 0 Å². The van der Waals surface area contributed by atoms with E-state index in [2.05, 4.69) is 20.7 Å². The minimum absolute atomic E-state index is 0.0398. The molecule has 1 amide bonds. The number of carbonyl (C=O) groups is 1. The van der Waals surface area contributed by atoms with Crippen molar-refractivity contribution >= 4 is 27.7 Å². The molecule has 1 aliphatic carbocycles. The summed E-state index contributed by atoms with van der Waals surface area (Å²) in [4.78, 5) is 19.3. The molecule has 170 valence electrons. The Morgan fingerprint density at radius 2 is 2.06 bits per heavy atom. The molecule has 9 heteroatoms. The molecule has 2 fully saturated rings. The number of likely N-dealkylation sites (tertiary alicyclic amines) is 1. The number of aryl methyl sites for hydroxylation is 1. The van der Waals surface area contributed by atoms with Gasteiger partial charge in [0.25, 0.3) is 0 Å². The lowest BCUT2D eigenvalue weighted by atomic mass is 9.91. The number of aromatic nitrogens is 1. The first-order valence-electron chi connectivity index (χ1n) is 10.9. The number of carbonyl (C=O) groups excluding carboxylic acids is 1. The maximum atomic E-state index is 12.9. The van der Waals surface area contributed by atoms with Crippen LogP contribution >= 0.6 is 11.8 Å². The third kappa shape index (κ3) is 4.13. The van der Waals surface area contributed by atoms with Gasteiger partial charge in [-0.2, -0.15) is 11.8 Å². The number of ether oxygens (including phenoxy) is 1. The molecule has 0 radical (unpaired) electrons. The Bertz CT molecular complexity index is 1140. The molecule has 0 bridgehead atoms. The van der Waals surface area contributed by atoms with E-state index in [-0.39, 0.29) is 6.42 Å². The second kappa shape index (κ2) is 8.68. The van der Waals surface area contributed by atoms with E-state index >= 15 is 0 Å². The fourth-order valence-electron chi connectivity index (χ4n) is 4.74. The minimum Gasteiger partial charge on any atom is -0.481 e. The number of fused-ring (bicyclic) bond motifs is 1. The topological polar surface area (TPSA) is 88.6 Å². The molecule has 5 rings (SSSR count). The molecular formula is C23H27N3O4S2. The molecule has 2 aliphatic heterocycles. The van der Waals surface area contributed by atoms with E-state index in [0.29, 0.717) is 25.0 Å². The Morgan fingerprint density at radius 1 is 1.25 bits per heavy atom. The van der Waals surface area contributed by atoms with Crippen LogP contribution in [0.15, 0.2) is 30.5 Å². The molecule has 0 atom stereocenters. The summed E-state index contributed by atoms with van der Waals surface area (Å²) in [6.45, 7) is 1.02. The predicted molar refractivity (Wildman–Crippen MR) is 125 cm³/mol. The first-order valence-corrected chi connectivity index (χ1v) is 13.6. The average Bonchev–Trinajstić information content (AvgIpc) is 3.17. The standard InChI is InChI=1S/C23H27N3O4S2/c1-30-23-9-16(7-8-24-23)20-6-5-15-3-2-4-19(15)21(20)10-22(27)25-32(28,29)18-11-26(12-18)17-13-31-14-17/h5-9,17-18H,2-4,10-14H2,1H3,(H,25,27). The van der Waals surface area contributed by atoms with Crippen molar-refractivity contribution in [3.8, 4) is 17.0 Å². The van der Waals surface area contributed by atoms with E-state index < -0.39 is 21.2 Å². The second-order valence-corrected chi connectivity index (χ2v) is 11.7. The third-order valence-corrected chi connectivity index (χ3v) is 9.63. The largest absolute Gasteiger partial charge is 0.481 e. The summed E-state index contributed by atoms with van der Waals surface area (Å²) < 4.78 is 33.2. The first-order chi connectivity index (χ1) is 15.4. The van der Waals surface area contributed by atoms with E-state index in [4.69, 9.17) is 4.74 Å². The Kier molecular flexibility index (Phi) is 5.90. The van der Waals surface area contributed by atoms with E-state index in [9.17, 15) is 13.2 Å². The molecule has 32 heavy (non-hydrogen) atoms. The average molecular weight is 474 g/mol. The number of rotatable bonds is 7. The number of amides is 1. The summed E-state index contributed by atoms with van der Waals surface area (Å²) in [7, 11) is -2.10. The van der Waals surface area contributed by atoms with Gasteiger partial charge in [0.1, 0.15) is 5.25 Å². The predicted octanol–water partition coefficient (Wildman–Crippen LogP) is 2.03. The maximum absolute atomic E-state index is 12.9. The van der Waals surface area contributed by atoms with Crippen LogP contribution in [0.3, 0.4) is 0 Å². The van der Waals surface area contributed by atoms with Crippen LogP contribution < -0.4 is 9.46 Å². The Labute approximate surface area is 193 Å². The van der Waals surface area contributed by atoms with Crippen LogP contribution in [0.4, 0.5) is 0 Å². The highest BCUT2D eigenvalue weighted by atomic mass is 32.2. The van der Waals surface area contributed by atoms with Gasteiger partial charge in [0.05, 0.1) is 13.5 Å². The molecule has 0 spiro atoms. The lowest BCUT2D eigenvalue weighted by Gasteiger charge is -2.46. The van der Waals surface area contributed by atoms with Crippen molar-refractivity contribution in [1.82, 2.24) is 14.6 Å². The Morgan fingerprint density at radius 3 is 2.78 bits per heavy atom. The number of thioether (sulfide) groups is 1. The van der Waals surface area contributed by atoms with Crippen molar-refractivity contribution in [2.45, 2.75) is 37.0 Å². The van der Waals surface area contributed by atoms with Gasteiger partial charge in [-0.15, -0.1) is 0 Å². The lowest BCUT2D eigenvalue weighted by Crippen LogP contribution is -2.63. The number of hydrogen-bond acceptors (Lipinski definition) is 7. The maximum Gasteiger partial charge on any atom is 0.240 e. The van der Waals surface area contributed by atoms with E-state index in [1.807, 2.05) is 30.0 Å². The molecule has 2 saturated heterocycles. The van der Waals surface area contributed by atoms with Crippen LogP contribution in [0.5, 0.6) is 5.88 Å². The summed E-state index contributed by atoms with van der Waals surface area (Å²) in [5.41, 5.74) is 5.15. The number of nitrogens with zero attached hydrogens (tertiary/aromatic N) is 2. The highest BCUT2D eigenvalue weighted by Crippen LogP contribution is 2.35. The van der Waals surface area contributed by atoms with Crippen LogP contribution in [0.2, 0.25) is 0 Å². The van der Waals surface area contributed by atoms with Gasteiger partial charge >= 0.3 is 0 Å². The van der Waals surface area contributed by atoms with Gasteiger partial charge in [-0.3, -0.25) is 14.4 Å². The van der Waals surface area contributed by atoms with Crippen LogP contribution in [-0.4, -0.2) is 67.2 Å². The smallest absolute Gasteiger partial charge is 0.240 e. The van der Waals surface area contributed by atoms with Crippen LogP contribution in [-0.2, 0) is 34.1 Å². The van der Waals surface area contributed by atoms with Gasteiger partial charge in [-0.1, -0.05) is 12.1 Å². The molecule has 3 heterocycles. The van der Waals surface area contributed by atoms with Gasteiger partial charge in [0, 0.05) is 42.9 Å². The number of methoxy groups -OCH3 is 1. The van der Waals surface area contributed by atoms with Crippen molar-refractivity contribution in [2.75, 3.05) is 31.7 Å². The monoisotopic (exact) mass is 473 g/mol. The summed E-state index contributed by atoms with van der Waals surface area (Å²) >= 11 is 1.88. The van der Waals surface area contributed by atoms with Crippen molar-refractivity contribution in [3.05, 3.63) is 47.2 Å². The molecule has 1 aromatic carbocycles. The Balaban J connectivity index is 1.35. The van der Waals surface area contributed by atoms with Crippen molar-refractivity contribution < 1.29 is 17.9 Å². The first kappa shape index (κ1) is 21.7. The number of hydrogen-bond donors (Lipinski definition) is 1. The van der Waals surface area contributed by atoms with Gasteiger partial charge in [0.2, 0.25) is 21.8 Å². The molecule has 1 aromatic heterocycles. The van der Waals surface area contributed by atoms with Crippen LogP contribution in [0, 0.1) is 0 Å². The fraction of sp³-hybridized carbons (Fsp3) is 0.478. The number of sulfonamides is 1. The van der Waals surface area contributed by atoms with Gasteiger partial charge in [-0.25, -0.2) is 13.4 Å². The van der Waals surface area contributed by atoms with Crippen LogP contribution in [0.1, 0.15) is 23.1 Å². The van der Waals surface area contributed by atoms with E-state index in [1.165, 1.54) is 11.1 Å². The van der Waals surface area contributed by atoms with Crippen LogP contribution in [0.25, 0.3) is 11.1 Å². The summed E-state index contributed by atoms with van der Waals surface area (Å²) in [5.74, 6) is 2.17. The minimum atomic E-state index is -3.67. The Hall–Kier alpha value is -2.10. The zero-order valence-corrected chi connectivity index (χ0v) is 19.7. The SMILES string of the molecule is COc1cc(-c2ccc3c(c2CC(=O)NS(=O)(=O)C2CN(C4CSC4)C2)CCC3)ccn1. The molecular weight excluding hydrogens is 446 g/mol. The summed E-state index contributed by atoms with van der Waals surface area (Å²) in [6.07, 6.45) is 4.65. The normalized spacial score (nSPS) is 19.2. The molecule has 0 unspecified atom stereocenters. The van der Waals surface area contributed by atoms with Gasteiger partial charge in [-0.05, 0) is 53.1 Å².